The van der Waals surface area contributed by atoms with Crippen molar-refractivity contribution in [1.29, 1.82) is 0 Å². The highest BCUT2D eigenvalue weighted by Crippen LogP contribution is 2.45. The fourth-order valence-corrected chi connectivity index (χ4v) is 5.42. The molecule has 36 heavy (non-hydrogen) atoms. The van der Waals surface area contributed by atoms with Crippen LogP contribution in [0.15, 0.2) is 30.3 Å². The van der Waals surface area contributed by atoms with Crippen LogP contribution in [-0.2, 0) is 30.0 Å². The molecule has 1 fully saturated rings. The maximum Gasteiger partial charge on any atom is 0.407 e. The lowest BCUT2D eigenvalue weighted by Gasteiger charge is -2.28. The number of amides is 2. The van der Waals surface area contributed by atoms with Crippen molar-refractivity contribution in [2.24, 2.45) is 0 Å². The van der Waals surface area contributed by atoms with Gasteiger partial charge in [-0.05, 0) is 44.1 Å². The summed E-state index contributed by atoms with van der Waals surface area (Å²) in [5, 5.41) is 12.1. The van der Waals surface area contributed by atoms with Gasteiger partial charge in [-0.2, -0.15) is 0 Å². The van der Waals surface area contributed by atoms with Gasteiger partial charge in [0.25, 0.3) is 5.91 Å². The van der Waals surface area contributed by atoms with Crippen LogP contribution in [0.5, 0.6) is 0 Å². The highest BCUT2D eigenvalue weighted by atomic mass is 31.2. The van der Waals surface area contributed by atoms with Gasteiger partial charge in [0.2, 0.25) is 0 Å². The maximum absolute atomic E-state index is 13.1. The van der Waals surface area contributed by atoms with Gasteiger partial charge in [-0.25, -0.2) is 9.59 Å². The number of aliphatic carboxylic acids is 1. The van der Waals surface area contributed by atoms with Gasteiger partial charge in [0.05, 0.1) is 6.16 Å². The van der Waals surface area contributed by atoms with E-state index < -0.39 is 37.7 Å². The molecule has 1 aliphatic rings. The van der Waals surface area contributed by atoms with Crippen molar-refractivity contribution in [2.45, 2.75) is 83.5 Å². The minimum atomic E-state index is -4.02. The number of likely N-dealkylation sites (tertiary alicyclic amines) is 1. The lowest BCUT2D eigenvalue weighted by Crippen LogP contribution is -2.46. The van der Waals surface area contributed by atoms with E-state index >= 15 is 0 Å². The highest BCUT2D eigenvalue weighted by molar-refractivity contribution is 7.52. The molecule has 1 unspecified atom stereocenters. The number of carboxylic acids is 1. The summed E-state index contributed by atoms with van der Waals surface area (Å²) in [7, 11) is -4.02. The Morgan fingerprint density at radius 3 is 2.58 bits per heavy atom. The summed E-state index contributed by atoms with van der Waals surface area (Å²) in [6.07, 6.45) is 3.37. The van der Waals surface area contributed by atoms with Crippen molar-refractivity contribution in [3.63, 3.8) is 0 Å². The SMILES string of the molecule is CCCCCCP(=O)(O)O[C@@H](CCCCNC(=O)OCc1ccccc1)C(=O)N1CCC[C@H]1C(=O)O. The van der Waals surface area contributed by atoms with E-state index in [1.54, 1.807) is 0 Å². The first-order valence-electron chi connectivity index (χ1n) is 12.7. The number of carbonyl (C=O) groups is 3. The van der Waals surface area contributed by atoms with Gasteiger partial charge in [0.1, 0.15) is 18.8 Å². The number of nitrogens with zero attached hydrogens (tertiary/aromatic N) is 1. The third-order valence-corrected chi connectivity index (χ3v) is 7.52. The molecule has 202 valence electrons. The number of carboxylic acid groups (broad SMARTS) is 1. The second-order valence-corrected chi connectivity index (χ2v) is 11.0. The zero-order valence-electron chi connectivity index (χ0n) is 21.0. The molecule has 1 aromatic rings. The number of hydrogen-bond acceptors (Lipinski definition) is 6. The first-order chi connectivity index (χ1) is 17.2. The Balaban J connectivity index is 1.85. The topological polar surface area (TPSA) is 142 Å². The van der Waals surface area contributed by atoms with E-state index in [0.29, 0.717) is 38.6 Å². The van der Waals surface area contributed by atoms with Crippen LogP contribution in [0.4, 0.5) is 4.79 Å². The number of unbranched alkanes of at least 4 members (excludes halogenated alkanes) is 4. The van der Waals surface area contributed by atoms with Crippen molar-refractivity contribution in [2.75, 3.05) is 19.3 Å². The zero-order valence-corrected chi connectivity index (χ0v) is 21.9. The molecule has 0 spiro atoms. The lowest BCUT2D eigenvalue weighted by atomic mass is 10.1. The van der Waals surface area contributed by atoms with Crippen molar-refractivity contribution < 1.29 is 38.2 Å². The molecule has 0 radical (unpaired) electrons. The molecule has 1 aliphatic heterocycles. The highest BCUT2D eigenvalue weighted by Gasteiger charge is 2.39. The van der Waals surface area contributed by atoms with Crippen LogP contribution in [0.3, 0.4) is 0 Å². The van der Waals surface area contributed by atoms with Crippen molar-refractivity contribution in [3.05, 3.63) is 35.9 Å². The Bertz CT molecular complexity index is 882. The van der Waals surface area contributed by atoms with Crippen molar-refractivity contribution >= 4 is 25.6 Å². The number of ether oxygens (including phenoxy) is 1. The number of rotatable bonds is 16. The maximum atomic E-state index is 13.1. The largest absolute Gasteiger partial charge is 0.480 e. The van der Waals surface area contributed by atoms with E-state index in [2.05, 4.69) is 5.32 Å². The average molecular weight is 527 g/mol. The molecule has 0 bridgehead atoms. The molecule has 0 aliphatic carbocycles. The van der Waals surface area contributed by atoms with E-state index in [-0.39, 0.29) is 25.7 Å². The summed E-state index contributed by atoms with van der Waals surface area (Å²) < 4.78 is 23.3. The predicted octanol–water partition coefficient (Wildman–Crippen LogP) is 4.31. The molecule has 2 amide bonds. The van der Waals surface area contributed by atoms with Crippen LogP contribution in [0.25, 0.3) is 0 Å². The molecule has 1 heterocycles. The van der Waals surface area contributed by atoms with Gasteiger partial charge in [0, 0.05) is 13.1 Å². The van der Waals surface area contributed by atoms with Crippen LogP contribution < -0.4 is 5.32 Å². The molecule has 3 N–H and O–H groups in total. The molecule has 3 atom stereocenters. The summed E-state index contributed by atoms with van der Waals surface area (Å²) in [6.45, 7) is 2.76. The van der Waals surface area contributed by atoms with Crippen molar-refractivity contribution in [3.8, 4) is 0 Å². The van der Waals surface area contributed by atoms with E-state index in [1.165, 1.54) is 4.90 Å². The molecule has 0 saturated carbocycles. The minimum Gasteiger partial charge on any atom is -0.480 e. The first kappa shape index (κ1) is 29.8. The number of benzene rings is 1. The third-order valence-electron chi connectivity index (χ3n) is 6.06. The summed E-state index contributed by atoms with van der Waals surface area (Å²) >= 11 is 0. The summed E-state index contributed by atoms with van der Waals surface area (Å²) in [5.41, 5.74) is 0.871. The number of nitrogens with one attached hydrogen (secondary N) is 1. The Kier molecular flexibility index (Phi) is 12.9. The van der Waals surface area contributed by atoms with E-state index in [0.717, 1.165) is 24.8 Å². The second kappa shape index (κ2) is 15.6. The Hall–Kier alpha value is -2.42. The van der Waals surface area contributed by atoms with Gasteiger partial charge < -0.3 is 25.0 Å². The normalized spacial score (nSPS) is 17.8. The number of alkyl carbamates (subject to hydrolysis) is 1. The van der Waals surface area contributed by atoms with Crippen LogP contribution in [-0.4, -0.2) is 64.3 Å². The quantitative estimate of drug-likeness (QED) is 0.214. The predicted molar refractivity (Wildman–Crippen MR) is 135 cm³/mol. The molecule has 10 nitrogen and oxygen atoms in total. The number of carbonyl (C=O) groups excluding carboxylic acids is 2. The zero-order chi connectivity index (χ0) is 26.4. The van der Waals surface area contributed by atoms with E-state index in [1.807, 2.05) is 37.3 Å². The van der Waals surface area contributed by atoms with Crippen molar-refractivity contribution in [1.82, 2.24) is 10.2 Å². The Morgan fingerprint density at radius 1 is 1.14 bits per heavy atom. The molecule has 1 saturated heterocycles. The van der Waals surface area contributed by atoms with Gasteiger partial charge in [-0.15, -0.1) is 0 Å². The molecule has 2 rings (SSSR count). The molecule has 0 aromatic heterocycles. The van der Waals surface area contributed by atoms with Crippen LogP contribution in [0.1, 0.15) is 70.3 Å². The Morgan fingerprint density at radius 2 is 1.89 bits per heavy atom. The summed E-state index contributed by atoms with van der Waals surface area (Å²) in [5.74, 6) is -1.66. The van der Waals surface area contributed by atoms with Crippen LogP contribution >= 0.6 is 7.60 Å². The minimum absolute atomic E-state index is 0.0477. The average Bonchev–Trinajstić information content (AvgIpc) is 3.35. The van der Waals surface area contributed by atoms with Gasteiger partial charge >= 0.3 is 19.7 Å². The summed E-state index contributed by atoms with van der Waals surface area (Å²) in [4.78, 5) is 48.1. The third kappa shape index (κ3) is 10.7. The van der Waals surface area contributed by atoms with E-state index in [9.17, 15) is 28.9 Å². The van der Waals surface area contributed by atoms with Crippen LogP contribution in [0, 0.1) is 0 Å². The van der Waals surface area contributed by atoms with Gasteiger partial charge in [-0.1, -0.05) is 56.5 Å². The summed E-state index contributed by atoms with van der Waals surface area (Å²) in [6, 6.07) is 8.33. The molecular weight excluding hydrogens is 487 g/mol. The van der Waals surface area contributed by atoms with Gasteiger partial charge in [-0.3, -0.25) is 13.9 Å². The second-order valence-electron chi connectivity index (χ2n) is 9.03. The molecular formula is C25H39N2O8P. The lowest BCUT2D eigenvalue weighted by molar-refractivity contribution is -0.151. The fraction of sp³-hybridized carbons (Fsp3) is 0.640. The Labute approximate surface area is 212 Å². The van der Waals surface area contributed by atoms with E-state index in [4.69, 9.17) is 9.26 Å². The fourth-order valence-electron chi connectivity index (χ4n) is 4.10. The monoisotopic (exact) mass is 526 g/mol. The van der Waals surface area contributed by atoms with Gasteiger partial charge in [0.15, 0.2) is 0 Å². The van der Waals surface area contributed by atoms with Crippen LogP contribution in [0.2, 0.25) is 0 Å². The molecule has 1 aromatic carbocycles. The standard InChI is InChI=1S/C25H39N2O8P/c1-2-3-4-10-18-36(32,33)35-22(23(28)27-17-11-14-21(27)24(29)30)15-8-9-16-26-25(31)34-19-20-12-6-5-7-13-20/h5-7,12-13,21-22H,2-4,8-11,14-19H2,1H3,(H,26,31)(H,29,30)(H,32,33)/t21-,22-/m0/s1. The smallest absolute Gasteiger partial charge is 0.407 e. The first-order valence-corrected chi connectivity index (χ1v) is 14.5. The molecule has 11 heteroatoms. The number of hydrogen-bond donors (Lipinski definition) is 3.